The number of rotatable bonds is 4. The van der Waals surface area contributed by atoms with E-state index >= 15 is 0 Å². The fourth-order valence-electron chi connectivity index (χ4n) is 1.04. The van der Waals surface area contributed by atoms with Gasteiger partial charge >= 0.3 is 0 Å². The van der Waals surface area contributed by atoms with Gasteiger partial charge in [-0.15, -0.1) is 0 Å². The Kier molecular flexibility index (Phi) is 4.21. The minimum atomic E-state index is 0.527. The molecule has 0 bridgehead atoms. The van der Waals surface area contributed by atoms with E-state index in [2.05, 4.69) is 20.8 Å². The molecule has 4 heteroatoms. The maximum Gasteiger partial charge on any atom is 0.133 e. The first kappa shape index (κ1) is 10.5. The van der Waals surface area contributed by atoms with Crippen molar-refractivity contribution < 1.29 is 9.57 Å². The predicted molar refractivity (Wildman–Crippen MR) is 54.5 cm³/mol. The molecule has 1 aromatic carbocycles. The standard InChI is InChI=1S/C9H12BrNO2/c1-12-9-3-2-7(4-5-13-11)6-8(9)10/h2-3,6H,4-5,11H2,1H3. The molecule has 0 saturated carbocycles. The van der Waals surface area contributed by atoms with Gasteiger partial charge in [0.2, 0.25) is 0 Å². The third kappa shape index (κ3) is 2.99. The van der Waals surface area contributed by atoms with Crippen LogP contribution in [0.2, 0.25) is 0 Å². The molecule has 72 valence electrons. The van der Waals surface area contributed by atoms with Gasteiger partial charge in [0.25, 0.3) is 0 Å². The zero-order valence-corrected chi connectivity index (χ0v) is 9.00. The summed E-state index contributed by atoms with van der Waals surface area (Å²) >= 11 is 3.40. The Bertz CT molecular complexity index is 278. The van der Waals surface area contributed by atoms with Gasteiger partial charge < -0.3 is 9.57 Å². The number of halogens is 1. The first-order valence-corrected chi connectivity index (χ1v) is 4.71. The van der Waals surface area contributed by atoms with Crippen molar-refractivity contribution in [3.63, 3.8) is 0 Å². The lowest BCUT2D eigenvalue weighted by Crippen LogP contribution is -2.03. The van der Waals surface area contributed by atoms with Crippen molar-refractivity contribution >= 4 is 15.9 Å². The summed E-state index contributed by atoms with van der Waals surface area (Å²) < 4.78 is 6.05. The van der Waals surface area contributed by atoms with E-state index in [-0.39, 0.29) is 0 Å². The van der Waals surface area contributed by atoms with Crippen molar-refractivity contribution in [3.05, 3.63) is 28.2 Å². The van der Waals surface area contributed by atoms with Crippen molar-refractivity contribution in [2.24, 2.45) is 5.90 Å². The van der Waals surface area contributed by atoms with E-state index in [0.717, 1.165) is 22.2 Å². The monoisotopic (exact) mass is 245 g/mol. The highest BCUT2D eigenvalue weighted by molar-refractivity contribution is 9.10. The van der Waals surface area contributed by atoms with E-state index < -0.39 is 0 Å². The summed E-state index contributed by atoms with van der Waals surface area (Å²) in [5.74, 6) is 5.77. The number of methoxy groups -OCH3 is 1. The molecule has 0 atom stereocenters. The van der Waals surface area contributed by atoms with Crippen LogP contribution in [0.25, 0.3) is 0 Å². The molecule has 0 radical (unpaired) electrons. The highest BCUT2D eigenvalue weighted by atomic mass is 79.9. The average Bonchev–Trinajstić information content (AvgIpc) is 2.15. The average molecular weight is 246 g/mol. The fraction of sp³-hybridized carbons (Fsp3) is 0.333. The van der Waals surface area contributed by atoms with Gasteiger partial charge in [-0.2, -0.15) is 0 Å². The molecule has 0 aromatic heterocycles. The first-order chi connectivity index (χ1) is 6.27. The summed E-state index contributed by atoms with van der Waals surface area (Å²) in [6.07, 6.45) is 0.805. The van der Waals surface area contributed by atoms with Gasteiger partial charge in [-0.25, -0.2) is 5.90 Å². The second-order valence-electron chi connectivity index (χ2n) is 2.59. The van der Waals surface area contributed by atoms with Crippen molar-refractivity contribution in [2.45, 2.75) is 6.42 Å². The molecule has 1 rings (SSSR count). The molecule has 13 heavy (non-hydrogen) atoms. The lowest BCUT2D eigenvalue weighted by molar-refractivity contribution is 0.141. The normalized spacial score (nSPS) is 10.1. The SMILES string of the molecule is COc1ccc(CCON)cc1Br. The van der Waals surface area contributed by atoms with Crippen LogP contribution in [0.5, 0.6) is 5.75 Å². The second kappa shape index (κ2) is 5.21. The molecular formula is C9H12BrNO2. The Morgan fingerprint density at radius 2 is 2.23 bits per heavy atom. The molecule has 0 heterocycles. The summed E-state index contributed by atoms with van der Waals surface area (Å²) in [4.78, 5) is 4.50. The largest absolute Gasteiger partial charge is 0.496 e. The Morgan fingerprint density at radius 1 is 1.46 bits per heavy atom. The van der Waals surface area contributed by atoms with Gasteiger partial charge in [0.15, 0.2) is 0 Å². The number of hydrogen-bond donors (Lipinski definition) is 1. The molecule has 0 aliphatic heterocycles. The van der Waals surface area contributed by atoms with Gasteiger partial charge in [0.1, 0.15) is 5.75 Å². The third-order valence-corrected chi connectivity index (χ3v) is 2.34. The summed E-state index contributed by atoms with van der Waals surface area (Å²) in [7, 11) is 1.64. The van der Waals surface area contributed by atoms with Crippen molar-refractivity contribution in [1.82, 2.24) is 0 Å². The number of benzene rings is 1. The number of ether oxygens (including phenoxy) is 1. The van der Waals surface area contributed by atoms with Gasteiger partial charge in [0, 0.05) is 0 Å². The molecule has 0 spiro atoms. The van der Waals surface area contributed by atoms with Crippen LogP contribution in [0, 0.1) is 0 Å². The van der Waals surface area contributed by atoms with E-state index in [1.807, 2.05) is 18.2 Å². The van der Waals surface area contributed by atoms with Crippen LogP contribution in [-0.4, -0.2) is 13.7 Å². The van der Waals surface area contributed by atoms with Crippen LogP contribution in [0.15, 0.2) is 22.7 Å². The van der Waals surface area contributed by atoms with Crippen LogP contribution < -0.4 is 10.6 Å². The van der Waals surface area contributed by atoms with Crippen LogP contribution >= 0.6 is 15.9 Å². The molecule has 1 aromatic rings. The topological polar surface area (TPSA) is 44.5 Å². The minimum absolute atomic E-state index is 0.527. The third-order valence-electron chi connectivity index (χ3n) is 1.72. The quantitative estimate of drug-likeness (QED) is 0.825. The van der Waals surface area contributed by atoms with Crippen LogP contribution in [0.3, 0.4) is 0 Å². The summed E-state index contributed by atoms with van der Waals surface area (Å²) in [6, 6.07) is 5.90. The smallest absolute Gasteiger partial charge is 0.133 e. The number of nitrogens with two attached hydrogens (primary N) is 1. The molecule has 0 aliphatic carbocycles. The van der Waals surface area contributed by atoms with Crippen LogP contribution in [-0.2, 0) is 11.3 Å². The zero-order chi connectivity index (χ0) is 9.68. The maximum atomic E-state index is 5.10. The van der Waals surface area contributed by atoms with E-state index in [1.165, 1.54) is 0 Å². The molecule has 0 fully saturated rings. The van der Waals surface area contributed by atoms with E-state index in [4.69, 9.17) is 10.6 Å². The summed E-state index contributed by atoms with van der Waals surface area (Å²) in [6.45, 7) is 0.527. The molecular weight excluding hydrogens is 234 g/mol. The molecule has 0 amide bonds. The highest BCUT2D eigenvalue weighted by Crippen LogP contribution is 2.25. The van der Waals surface area contributed by atoms with Crippen molar-refractivity contribution in [3.8, 4) is 5.75 Å². The van der Waals surface area contributed by atoms with Gasteiger partial charge in [0.05, 0.1) is 18.2 Å². The summed E-state index contributed by atoms with van der Waals surface area (Å²) in [5, 5.41) is 0. The van der Waals surface area contributed by atoms with Crippen LogP contribution in [0.4, 0.5) is 0 Å². The zero-order valence-electron chi connectivity index (χ0n) is 7.42. The second-order valence-corrected chi connectivity index (χ2v) is 3.44. The lowest BCUT2D eigenvalue weighted by Gasteiger charge is -2.05. The van der Waals surface area contributed by atoms with E-state index in [9.17, 15) is 0 Å². The van der Waals surface area contributed by atoms with E-state index in [1.54, 1.807) is 7.11 Å². The molecule has 2 N–H and O–H groups in total. The molecule has 3 nitrogen and oxygen atoms in total. The Hall–Kier alpha value is -0.580. The van der Waals surface area contributed by atoms with Gasteiger partial charge in [-0.1, -0.05) is 6.07 Å². The molecule has 0 unspecified atom stereocenters. The fourth-order valence-corrected chi connectivity index (χ4v) is 1.63. The Balaban J connectivity index is 2.71. The van der Waals surface area contributed by atoms with Crippen molar-refractivity contribution in [2.75, 3.05) is 13.7 Å². The van der Waals surface area contributed by atoms with E-state index in [0.29, 0.717) is 6.61 Å². The van der Waals surface area contributed by atoms with Crippen LogP contribution in [0.1, 0.15) is 5.56 Å². The molecule has 0 saturated heterocycles. The highest BCUT2D eigenvalue weighted by Gasteiger charge is 2.00. The minimum Gasteiger partial charge on any atom is -0.496 e. The Labute approximate surface area is 85.9 Å². The number of hydrogen-bond acceptors (Lipinski definition) is 3. The maximum absolute atomic E-state index is 5.10. The van der Waals surface area contributed by atoms with Gasteiger partial charge in [-0.05, 0) is 40.0 Å². The lowest BCUT2D eigenvalue weighted by atomic mass is 10.1. The summed E-state index contributed by atoms with van der Waals surface area (Å²) in [5.41, 5.74) is 1.16. The van der Waals surface area contributed by atoms with Crippen molar-refractivity contribution in [1.29, 1.82) is 0 Å². The molecule has 0 aliphatic rings. The first-order valence-electron chi connectivity index (χ1n) is 3.92. The van der Waals surface area contributed by atoms with Gasteiger partial charge in [-0.3, -0.25) is 0 Å². The Morgan fingerprint density at radius 3 is 2.77 bits per heavy atom. The predicted octanol–water partition coefficient (Wildman–Crippen LogP) is 1.89.